The molecule has 3 nitrogen and oxygen atoms in total. The molecule has 2 aromatic heterocycles. The maximum Gasteiger partial charge on any atom is 0.130 e. The lowest BCUT2D eigenvalue weighted by molar-refractivity contribution is 0.908. The van der Waals surface area contributed by atoms with Gasteiger partial charge in [-0.25, -0.2) is 9.97 Å². The van der Waals surface area contributed by atoms with Gasteiger partial charge in [-0.2, -0.15) is 0 Å². The highest BCUT2D eigenvalue weighted by molar-refractivity contribution is 7.10. The van der Waals surface area contributed by atoms with E-state index in [2.05, 4.69) is 35.3 Å². The molecule has 0 amide bonds. The van der Waals surface area contributed by atoms with Crippen LogP contribution in [-0.4, -0.2) is 9.97 Å². The molecule has 16 heavy (non-hydrogen) atoms. The number of nitrogen functional groups attached to an aromatic ring is 1. The van der Waals surface area contributed by atoms with Crippen molar-refractivity contribution in [2.45, 2.75) is 26.7 Å². The Hall–Kier alpha value is -1.42. The van der Waals surface area contributed by atoms with Crippen molar-refractivity contribution in [3.05, 3.63) is 28.2 Å². The first-order valence-electron chi connectivity index (χ1n) is 5.37. The summed E-state index contributed by atoms with van der Waals surface area (Å²) < 4.78 is 0. The Labute approximate surface area is 99.4 Å². The van der Waals surface area contributed by atoms with Gasteiger partial charge >= 0.3 is 0 Å². The van der Waals surface area contributed by atoms with Crippen LogP contribution in [0.1, 0.15) is 23.8 Å². The Kier molecular flexibility index (Phi) is 3.19. The summed E-state index contributed by atoms with van der Waals surface area (Å²) in [6.45, 7) is 4.23. The van der Waals surface area contributed by atoms with E-state index in [-0.39, 0.29) is 0 Å². The fraction of sp³-hybridized carbons (Fsp3) is 0.333. The number of anilines is 1. The summed E-state index contributed by atoms with van der Waals surface area (Å²) >= 11 is 1.73. The number of hydrogen-bond donors (Lipinski definition) is 1. The molecule has 0 fully saturated rings. The Bertz CT molecular complexity index is 491. The summed E-state index contributed by atoms with van der Waals surface area (Å²) in [5.41, 5.74) is 9.11. The second-order valence-corrected chi connectivity index (χ2v) is 4.90. The van der Waals surface area contributed by atoms with Crippen LogP contribution in [0.3, 0.4) is 0 Å². The summed E-state index contributed by atoms with van der Waals surface area (Å²) in [5, 5.41) is 2.12. The van der Waals surface area contributed by atoms with Crippen LogP contribution in [0, 0.1) is 6.92 Å². The van der Waals surface area contributed by atoms with Crippen LogP contribution in [0.5, 0.6) is 0 Å². The normalized spacial score (nSPS) is 10.6. The molecule has 0 bridgehead atoms. The van der Waals surface area contributed by atoms with E-state index < -0.39 is 0 Å². The van der Waals surface area contributed by atoms with Gasteiger partial charge in [0.05, 0.1) is 5.69 Å². The van der Waals surface area contributed by atoms with Crippen LogP contribution in [0.2, 0.25) is 0 Å². The molecular formula is C12H15N3S. The summed E-state index contributed by atoms with van der Waals surface area (Å²) in [4.78, 5) is 9.70. The molecule has 2 heterocycles. The monoisotopic (exact) mass is 233 g/mol. The predicted octanol–water partition coefficient (Wildman–Crippen LogP) is 3.05. The van der Waals surface area contributed by atoms with E-state index >= 15 is 0 Å². The molecule has 0 aliphatic heterocycles. The molecule has 0 atom stereocenters. The minimum Gasteiger partial charge on any atom is -0.383 e. The molecule has 0 aliphatic carbocycles. The molecule has 0 aliphatic rings. The SMILES string of the molecule is CCCc1c(N)ncnc1-c1csc(C)c1. The van der Waals surface area contributed by atoms with Crippen molar-refractivity contribution in [1.29, 1.82) is 0 Å². The Morgan fingerprint density at radius 2 is 2.19 bits per heavy atom. The van der Waals surface area contributed by atoms with Gasteiger partial charge in [-0.05, 0) is 19.4 Å². The molecule has 2 aromatic rings. The summed E-state index contributed by atoms with van der Waals surface area (Å²) in [7, 11) is 0. The van der Waals surface area contributed by atoms with Gasteiger partial charge in [-0.3, -0.25) is 0 Å². The minimum atomic E-state index is 0.607. The van der Waals surface area contributed by atoms with Gasteiger partial charge in [-0.15, -0.1) is 11.3 Å². The Balaban J connectivity index is 2.51. The lowest BCUT2D eigenvalue weighted by Crippen LogP contribution is -2.01. The number of aromatic nitrogens is 2. The highest BCUT2D eigenvalue weighted by Gasteiger charge is 2.11. The summed E-state index contributed by atoms with van der Waals surface area (Å²) in [5.74, 6) is 0.607. The van der Waals surface area contributed by atoms with Gasteiger partial charge in [0.1, 0.15) is 12.1 Å². The third kappa shape index (κ3) is 2.07. The molecule has 0 unspecified atom stereocenters. The van der Waals surface area contributed by atoms with Gasteiger partial charge in [0.15, 0.2) is 0 Å². The second-order valence-electron chi connectivity index (χ2n) is 3.78. The fourth-order valence-corrected chi connectivity index (χ4v) is 2.43. The van der Waals surface area contributed by atoms with Gasteiger partial charge in [-0.1, -0.05) is 13.3 Å². The van der Waals surface area contributed by atoms with Crippen LogP contribution in [0.4, 0.5) is 5.82 Å². The van der Waals surface area contributed by atoms with E-state index in [4.69, 9.17) is 5.73 Å². The maximum absolute atomic E-state index is 5.90. The van der Waals surface area contributed by atoms with Gasteiger partial charge in [0, 0.05) is 21.4 Å². The summed E-state index contributed by atoms with van der Waals surface area (Å²) in [6, 6.07) is 2.14. The molecule has 0 radical (unpaired) electrons. The predicted molar refractivity (Wildman–Crippen MR) is 68.5 cm³/mol. The van der Waals surface area contributed by atoms with Crippen LogP contribution in [0.25, 0.3) is 11.3 Å². The highest BCUT2D eigenvalue weighted by atomic mass is 32.1. The number of rotatable bonds is 3. The zero-order chi connectivity index (χ0) is 11.5. The quantitative estimate of drug-likeness (QED) is 0.886. The van der Waals surface area contributed by atoms with Crippen molar-refractivity contribution >= 4 is 17.2 Å². The van der Waals surface area contributed by atoms with E-state index in [1.807, 2.05) is 0 Å². The van der Waals surface area contributed by atoms with E-state index in [1.54, 1.807) is 11.3 Å². The van der Waals surface area contributed by atoms with Crippen molar-refractivity contribution in [2.24, 2.45) is 0 Å². The van der Waals surface area contributed by atoms with Gasteiger partial charge < -0.3 is 5.73 Å². The van der Waals surface area contributed by atoms with Gasteiger partial charge in [0.25, 0.3) is 0 Å². The van der Waals surface area contributed by atoms with Crippen molar-refractivity contribution in [3.8, 4) is 11.3 Å². The maximum atomic E-state index is 5.90. The zero-order valence-corrected chi connectivity index (χ0v) is 10.3. The lowest BCUT2D eigenvalue weighted by atomic mass is 10.1. The highest BCUT2D eigenvalue weighted by Crippen LogP contribution is 2.28. The average Bonchev–Trinajstić information content (AvgIpc) is 2.68. The summed E-state index contributed by atoms with van der Waals surface area (Å²) in [6.07, 6.45) is 3.52. The molecule has 0 saturated heterocycles. The van der Waals surface area contributed by atoms with Crippen molar-refractivity contribution < 1.29 is 0 Å². The third-order valence-electron chi connectivity index (χ3n) is 2.48. The molecular weight excluding hydrogens is 218 g/mol. The minimum absolute atomic E-state index is 0.607. The van der Waals surface area contributed by atoms with Gasteiger partial charge in [0.2, 0.25) is 0 Å². The lowest BCUT2D eigenvalue weighted by Gasteiger charge is -2.07. The number of aryl methyl sites for hydroxylation is 1. The fourth-order valence-electron chi connectivity index (χ4n) is 1.74. The largest absolute Gasteiger partial charge is 0.383 e. The molecule has 2 N–H and O–H groups in total. The molecule has 84 valence electrons. The van der Waals surface area contributed by atoms with Crippen LogP contribution in [0.15, 0.2) is 17.8 Å². The topological polar surface area (TPSA) is 51.8 Å². The van der Waals surface area contributed by atoms with Crippen molar-refractivity contribution in [2.75, 3.05) is 5.73 Å². The number of nitrogens with two attached hydrogens (primary N) is 1. The van der Waals surface area contributed by atoms with E-state index in [0.717, 1.165) is 29.7 Å². The Morgan fingerprint density at radius 1 is 1.38 bits per heavy atom. The average molecular weight is 233 g/mol. The van der Waals surface area contributed by atoms with E-state index in [0.29, 0.717) is 5.82 Å². The third-order valence-corrected chi connectivity index (χ3v) is 3.34. The van der Waals surface area contributed by atoms with Crippen LogP contribution < -0.4 is 5.73 Å². The van der Waals surface area contributed by atoms with E-state index in [1.165, 1.54) is 11.2 Å². The van der Waals surface area contributed by atoms with Crippen molar-refractivity contribution in [3.63, 3.8) is 0 Å². The first-order chi connectivity index (χ1) is 7.72. The molecule has 4 heteroatoms. The van der Waals surface area contributed by atoms with Crippen molar-refractivity contribution in [1.82, 2.24) is 9.97 Å². The first kappa shape index (κ1) is 11.1. The van der Waals surface area contributed by atoms with Crippen LogP contribution in [-0.2, 0) is 6.42 Å². The molecule has 0 saturated carbocycles. The number of thiophene rings is 1. The first-order valence-corrected chi connectivity index (χ1v) is 6.25. The number of hydrogen-bond acceptors (Lipinski definition) is 4. The molecule has 0 aromatic carbocycles. The molecule has 0 spiro atoms. The standard InChI is InChI=1S/C12H15N3S/c1-3-4-10-11(14-7-15-12(10)13)9-5-8(2)16-6-9/h5-7H,3-4H2,1-2H3,(H2,13,14,15). The second kappa shape index (κ2) is 4.61. The number of nitrogens with zero attached hydrogens (tertiary/aromatic N) is 2. The zero-order valence-electron chi connectivity index (χ0n) is 9.53. The molecule has 2 rings (SSSR count). The smallest absolute Gasteiger partial charge is 0.130 e. The van der Waals surface area contributed by atoms with Crippen LogP contribution >= 0.6 is 11.3 Å². The Morgan fingerprint density at radius 3 is 2.81 bits per heavy atom. The van der Waals surface area contributed by atoms with E-state index in [9.17, 15) is 0 Å².